The molecule has 0 radical (unpaired) electrons. The van der Waals surface area contributed by atoms with Gasteiger partial charge < -0.3 is 10.2 Å². The fourth-order valence-corrected chi connectivity index (χ4v) is 3.24. The topological polar surface area (TPSA) is 50.2 Å². The molecule has 1 saturated heterocycles. The van der Waals surface area contributed by atoms with Crippen LogP contribution in [0.1, 0.15) is 13.3 Å². The highest BCUT2D eigenvalue weighted by molar-refractivity contribution is 7.17. The van der Waals surface area contributed by atoms with Crippen molar-refractivity contribution in [2.24, 2.45) is 0 Å². The first kappa shape index (κ1) is 12.6. The molecule has 0 spiro atoms. The van der Waals surface area contributed by atoms with Gasteiger partial charge in [-0.3, -0.25) is 9.36 Å². The Hall–Kier alpha value is -1.40. The molecule has 102 valence electrons. The lowest BCUT2D eigenvalue weighted by molar-refractivity contribution is 0.553. The molecule has 2 aromatic rings. The molecule has 0 atom stereocenters. The Balaban J connectivity index is 2.14. The summed E-state index contributed by atoms with van der Waals surface area (Å²) in [6.07, 6.45) is 0.942. The van der Waals surface area contributed by atoms with Gasteiger partial charge in [0.25, 0.3) is 5.56 Å². The monoisotopic (exact) mass is 278 g/mol. The summed E-state index contributed by atoms with van der Waals surface area (Å²) in [5.74, 6) is 0.833. The Morgan fingerprint density at radius 3 is 2.95 bits per heavy atom. The first-order chi connectivity index (χ1) is 9.31. The predicted molar refractivity (Wildman–Crippen MR) is 79.3 cm³/mol. The van der Waals surface area contributed by atoms with Crippen molar-refractivity contribution in [3.8, 4) is 0 Å². The highest BCUT2D eigenvalue weighted by Gasteiger charge is 2.18. The number of nitrogens with one attached hydrogen (secondary N) is 1. The second-order valence-corrected chi connectivity index (χ2v) is 5.66. The zero-order valence-corrected chi connectivity index (χ0v) is 11.9. The van der Waals surface area contributed by atoms with Crippen molar-refractivity contribution in [2.45, 2.75) is 19.9 Å². The number of rotatable bonds is 3. The van der Waals surface area contributed by atoms with E-state index in [2.05, 4.69) is 17.1 Å². The molecular formula is C13H18N4OS. The van der Waals surface area contributed by atoms with E-state index in [-0.39, 0.29) is 5.56 Å². The molecule has 6 heteroatoms. The van der Waals surface area contributed by atoms with Crippen LogP contribution in [0.15, 0.2) is 16.2 Å². The Labute approximate surface area is 115 Å². The van der Waals surface area contributed by atoms with Crippen LogP contribution < -0.4 is 15.8 Å². The highest BCUT2D eigenvalue weighted by atomic mass is 32.1. The van der Waals surface area contributed by atoms with E-state index in [1.54, 1.807) is 0 Å². The summed E-state index contributed by atoms with van der Waals surface area (Å²) in [5, 5.41) is 5.27. The molecule has 0 bridgehead atoms. The molecule has 0 saturated carbocycles. The molecule has 0 aliphatic carbocycles. The van der Waals surface area contributed by atoms with Gasteiger partial charge in [-0.2, -0.15) is 0 Å². The number of fused-ring (bicyclic) bond motifs is 1. The maximum absolute atomic E-state index is 12.5. The van der Waals surface area contributed by atoms with Gasteiger partial charge in [0.1, 0.15) is 4.70 Å². The fourth-order valence-electron chi connectivity index (χ4n) is 2.46. The Morgan fingerprint density at radius 1 is 1.42 bits per heavy atom. The van der Waals surface area contributed by atoms with E-state index in [4.69, 9.17) is 4.98 Å². The standard InChI is InChI=1S/C13H18N4OS/c1-2-6-17-12(18)11-10(3-9-19-11)15-13(17)16-7-4-14-5-8-16/h3,9,14H,2,4-8H2,1H3. The third kappa shape index (κ3) is 2.26. The molecule has 3 rings (SSSR count). The third-order valence-electron chi connectivity index (χ3n) is 3.39. The summed E-state index contributed by atoms with van der Waals surface area (Å²) < 4.78 is 2.61. The fraction of sp³-hybridized carbons (Fsp3) is 0.538. The normalized spacial score (nSPS) is 16.2. The van der Waals surface area contributed by atoms with Crippen molar-refractivity contribution in [3.05, 3.63) is 21.8 Å². The second kappa shape index (κ2) is 5.30. The van der Waals surface area contributed by atoms with Crippen LogP contribution in [0.4, 0.5) is 5.95 Å². The smallest absolute Gasteiger partial charge is 0.272 e. The van der Waals surface area contributed by atoms with Gasteiger partial charge in [0.15, 0.2) is 0 Å². The van der Waals surface area contributed by atoms with Crippen molar-refractivity contribution >= 4 is 27.5 Å². The van der Waals surface area contributed by atoms with E-state index in [0.717, 1.165) is 55.3 Å². The second-order valence-electron chi connectivity index (χ2n) is 4.74. The van der Waals surface area contributed by atoms with Gasteiger partial charge in [0, 0.05) is 32.7 Å². The van der Waals surface area contributed by atoms with E-state index in [1.165, 1.54) is 11.3 Å². The molecule has 1 aliphatic heterocycles. The van der Waals surface area contributed by atoms with Crippen molar-refractivity contribution in [1.82, 2.24) is 14.9 Å². The van der Waals surface area contributed by atoms with Crippen molar-refractivity contribution < 1.29 is 0 Å². The van der Waals surface area contributed by atoms with Crippen LogP contribution in [0.5, 0.6) is 0 Å². The molecule has 5 nitrogen and oxygen atoms in total. The van der Waals surface area contributed by atoms with Crippen LogP contribution in [0.3, 0.4) is 0 Å². The van der Waals surface area contributed by atoms with Gasteiger partial charge >= 0.3 is 0 Å². The zero-order valence-electron chi connectivity index (χ0n) is 11.1. The molecule has 3 heterocycles. The number of nitrogens with zero attached hydrogens (tertiary/aromatic N) is 3. The summed E-state index contributed by atoms with van der Waals surface area (Å²) in [4.78, 5) is 19.5. The Kier molecular flexibility index (Phi) is 3.52. The average Bonchev–Trinajstić information content (AvgIpc) is 2.91. The lowest BCUT2D eigenvalue weighted by atomic mass is 10.3. The molecule has 0 amide bonds. The SMILES string of the molecule is CCCn1c(N2CCNCC2)nc2ccsc2c1=O. The van der Waals surface area contributed by atoms with Gasteiger partial charge in [0.05, 0.1) is 5.52 Å². The van der Waals surface area contributed by atoms with Crippen molar-refractivity contribution in [1.29, 1.82) is 0 Å². The van der Waals surface area contributed by atoms with E-state index in [1.807, 2.05) is 16.0 Å². The summed E-state index contributed by atoms with van der Waals surface area (Å²) in [5.41, 5.74) is 0.936. The van der Waals surface area contributed by atoms with Gasteiger partial charge in [-0.1, -0.05) is 6.92 Å². The van der Waals surface area contributed by atoms with E-state index < -0.39 is 0 Å². The van der Waals surface area contributed by atoms with Crippen LogP contribution in [0.25, 0.3) is 10.2 Å². The molecule has 0 aromatic carbocycles. The van der Waals surface area contributed by atoms with Crippen LogP contribution in [-0.2, 0) is 6.54 Å². The van der Waals surface area contributed by atoms with Crippen molar-refractivity contribution in [3.63, 3.8) is 0 Å². The lowest BCUT2D eigenvalue weighted by Crippen LogP contribution is -2.46. The maximum Gasteiger partial charge on any atom is 0.272 e. The third-order valence-corrected chi connectivity index (χ3v) is 4.28. The van der Waals surface area contributed by atoms with Crippen LogP contribution >= 0.6 is 11.3 Å². The van der Waals surface area contributed by atoms with Gasteiger partial charge in [0.2, 0.25) is 5.95 Å². The Morgan fingerprint density at radius 2 is 2.21 bits per heavy atom. The largest absolute Gasteiger partial charge is 0.340 e. The quantitative estimate of drug-likeness (QED) is 0.919. The summed E-state index contributed by atoms with van der Waals surface area (Å²) in [7, 11) is 0. The number of hydrogen-bond donors (Lipinski definition) is 1. The summed E-state index contributed by atoms with van der Waals surface area (Å²) >= 11 is 1.48. The Bertz CT molecular complexity index is 627. The van der Waals surface area contributed by atoms with Crippen molar-refractivity contribution in [2.75, 3.05) is 31.1 Å². The number of piperazine rings is 1. The van der Waals surface area contributed by atoms with Crippen LogP contribution in [-0.4, -0.2) is 35.7 Å². The zero-order chi connectivity index (χ0) is 13.2. The van der Waals surface area contributed by atoms with E-state index in [9.17, 15) is 4.79 Å². The minimum Gasteiger partial charge on any atom is -0.340 e. The first-order valence-corrected chi connectivity index (χ1v) is 7.63. The van der Waals surface area contributed by atoms with E-state index >= 15 is 0 Å². The minimum absolute atomic E-state index is 0.107. The maximum atomic E-state index is 12.5. The molecule has 19 heavy (non-hydrogen) atoms. The highest BCUT2D eigenvalue weighted by Crippen LogP contribution is 2.19. The molecular weight excluding hydrogens is 260 g/mol. The lowest BCUT2D eigenvalue weighted by Gasteiger charge is -2.30. The summed E-state index contributed by atoms with van der Waals surface area (Å²) in [6, 6.07) is 1.93. The number of thiophene rings is 1. The number of aromatic nitrogens is 2. The molecule has 1 aliphatic rings. The molecule has 1 fully saturated rings. The minimum atomic E-state index is 0.107. The molecule has 1 N–H and O–H groups in total. The van der Waals surface area contributed by atoms with Gasteiger partial charge in [-0.05, 0) is 17.9 Å². The first-order valence-electron chi connectivity index (χ1n) is 6.75. The van der Waals surface area contributed by atoms with Crippen LogP contribution in [0, 0.1) is 0 Å². The van der Waals surface area contributed by atoms with Gasteiger partial charge in [-0.15, -0.1) is 11.3 Å². The number of anilines is 1. The molecule has 2 aromatic heterocycles. The number of hydrogen-bond acceptors (Lipinski definition) is 5. The average molecular weight is 278 g/mol. The predicted octanol–water partition coefficient (Wildman–Crippen LogP) is 1.28. The molecule has 0 unspecified atom stereocenters. The van der Waals surface area contributed by atoms with E-state index in [0.29, 0.717) is 0 Å². The summed E-state index contributed by atoms with van der Waals surface area (Å²) in [6.45, 7) is 6.54. The van der Waals surface area contributed by atoms with Gasteiger partial charge in [-0.25, -0.2) is 4.98 Å². The van der Waals surface area contributed by atoms with Crippen LogP contribution in [0.2, 0.25) is 0 Å².